The molecule has 1 aromatic carbocycles. The molecule has 0 saturated heterocycles. The molecule has 0 fully saturated rings. The van der Waals surface area contributed by atoms with Crippen LogP contribution in [0.2, 0.25) is 0 Å². The van der Waals surface area contributed by atoms with Gasteiger partial charge in [-0.15, -0.1) is 11.3 Å². The Morgan fingerprint density at radius 3 is 2.31 bits per heavy atom. The summed E-state index contributed by atoms with van der Waals surface area (Å²) in [5.74, 6) is 0. The molecule has 2 rings (SSSR count). The van der Waals surface area contributed by atoms with Crippen molar-refractivity contribution < 1.29 is 5.11 Å². The van der Waals surface area contributed by atoms with Gasteiger partial charge in [0.1, 0.15) is 6.10 Å². The van der Waals surface area contributed by atoms with Crippen molar-refractivity contribution >= 4 is 27.3 Å². The average molecular weight is 297 g/mol. The van der Waals surface area contributed by atoms with Crippen LogP contribution in [-0.4, -0.2) is 5.11 Å². The standard InChI is InChI=1S/C13H13BrOS/c1-8-4-3-5-9(2)11(8)12(15)13-10(14)6-7-16-13/h3-7,12,15H,1-2H3. The third-order valence-corrected chi connectivity index (χ3v) is 4.63. The first-order chi connectivity index (χ1) is 7.61. The fourth-order valence-corrected chi connectivity index (χ4v) is 3.47. The number of hydrogen-bond donors (Lipinski definition) is 1. The highest BCUT2D eigenvalue weighted by Gasteiger charge is 2.18. The number of aryl methyl sites for hydroxylation is 2. The topological polar surface area (TPSA) is 20.2 Å². The van der Waals surface area contributed by atoms with Gasteiger partial charge in [-0.3, -0.25) is 0 Å². The minimum absolute atomic E-state index is 0.532. The summed E-state index contributed by atoms with van der Waals surface area (Å²) in [6.07, 6.45) is -0.532. The Balaban J connectivity index is 2.49. The minimum atomic E-state index is -0.532. The van der Waals surface area contributed by atoms with Gasteiger partial charge in [-0.2, -0.15) is 0 Å². The Morgan fingerprint density at radius 2 is 1.81 bits per heavy atom. The lowest BCUT2D eigenvalue weighted by molar-refractivity contribution is 0.222. The van der Waals surface area contributed by atoms with Gasteiger partial charge in [-0.25, -0.2) is 0 Å². The molecule has 0 aliphatic heterocycles. The van der Waals surface area contributed by atoms with Crippen molar-refractivity contribution in [3.63, 3.8) is 0 Å². The second-order valence-electron chi connectivity index (χ2n) is 3.84. The van der Waals surface area contributed by atoms with E-state index in [0.717, 1.165) is 26.0 Å². The van der Waals surface area contributed by atoms with Crippen molar-refractivity contribution in [2.45, 2.75) is 20.0 Å². The molecule has 1 unspecified atom stereocenters. The lowest BCUT2D eigenvalue weighted by atomic mass is 9.97. The predicted octanol–water partition coefficient (Wildman–Crippen LogP) is 4.21. The van der Waals surface area contributed by atoms with E-state index in [-0.39, 0.29) is 0 Å². The van der Waals surface area contributed by atoms with Gasteiger partial charge >= 0.3 is 0 Å². The normalized spacial score (nSPS) is 12.8. The number of aliphatic hydroxyl groups is 1. The Morgan fingerprint density at radius 1 is 1.19 bits per heavy atom. The van der Waals surface area contributed by atoms with Crippen LogP contribution in [0.1, 0.15) is 27.7 Å². The molecule has 16 heavy (non-hydrogen) atoms. The molecule has 0 radical (unpaired) electrons. The molecule has 0 aliphatic rings. The van der Waals surface area contributed by atoms with Gasteiger partial charge in [-0.1, -0.05) is 18.2 Å². The zero-order chi connectivity index (χ0) is 11.7. The van der Waals surface area contributed by atoms with Crippen molar-refractivity contribution in [2.24, 2.45) is 0 Å². The minimum Gasteiger partial charge on any atom is -0.383 e. The SMILES string of the molecule is Cc1cccc(C)c1C(O)c1sccc1Br. The van der Waals surface area contributed by atoms with Gasteiger partial charge in [0.15, 0.2) is 0 Å². The number of thiophene rings is 1. The summed E-state index contributed by atoms with van der Waals surface area (Å²) in [5, 5.41) is 12.4. The third kappa shape index (κ3) is 2.08. The molecule has 0 saturated carbocycles. The van der Waals surface area contributed by atoms with Crippen molar-refractivity contribution in [3.05, 3.63) is 55.7 Å². The first-order valence-corrected chi connectivity index (χ1v) is 6.75. The van der Waals surface area contributed by atoms with Gasteiger partial charge in [0.2, 0.25) is 0 Å². The Labute approximate surface area is 108 Å². The molecule has 3 heteroatoms. The summed E-state index contributed by atoms with van der Waals surface area (Å²) in [6, 6.07) is 8.06. The van der Waals surface area contributed by atoms with Crippen LogP contribution in [0.4, 0.5) is 0 Å². The fraction of sp³-hybridized carbons (Fsp3) is 0.231. The summed E-state index contributed by atoms with van der Waals surface area (Å²) in [4.78, 5) is 0.970. The Bertz CT molecular complexity index is 484. The van der Waals surface area contributed by atoms with E-state index in [4.69, 9.17) is 0 Å². The Hall–Kier alpha value is -0.640. The molecule has 0 spiro atoms. The molecule has 0 aliphatic carbocycles. The van der Waals surface area contributed by atoms with E-state index in [1.54, 1.807) is 11.3 Å². The zero-order valence-electron chi connectivity index (χ0n) is 9.20. The second-order valence-corrected chi connectivity index (χ2v) is 5.64. The van der Waals surface area contributed by atoms with E-state index in [9.17, 15) is 5.11 Å². The largest absolute Gasteiger partial charge is 0.383 e. The van der Waals surface area contributed by atoms with Crippen LogP contribution in [-0.2, 0) is 0 Å². The van der Waals surface area contributed by atoms with Crippen molar-refractivity contribution in [1.29, 1.82) is 0 Å². The maximum Gasteiger partial charge on any atom is 0.115 e. The molecule has 84 valence electrons. The van der Waals surface area contributed by atoms with E-state index in [0.29, 0.717) is 0 Å². The zero-order valence-corrected chi connectivity index (χ0v) is 11.6. The molecule has 0 bridgehead atoms. The van der Waals surface area contributed by atoms with Crippen LogP contribution in [0.15, 0.2) is 34.1 Å². The number of halogens is 1. The van der Waals surface area contributed by atoms with Crippen molar-refractivity contribution in [3.8, 4) is 0 Å². The van der Waals surface area contributed by atoms with E-state index < -0.39 is 6.10 Å². The maximum absolute atomic E-state index is 10.4. The van der Waals surface area contributed by atoms with Gasteiger partial charge in [0.05, 0.1) is 4.88 Å². The van der Waals surface area contributed by atoms with Crippen LogP contribution in [0.25, 0.3) is 0 Å². The van der Waals surface area contributed by atoms with Crippen LogP contribution < -0.4 is 0 Å². The quantitative estimate of drug-likeness (QED) is 0.880. The van der Waals surface area contributed by atoms with Crippen molar-refractivity contribution in [1.82, 2.24) is 0 Å². The number of hydrogen-bond acceptors (Lipinski definition) is 2. The molecule has 1 atom stereocenters. The van der Waals surface area contributed by atoms with Crippen LogP contribution >= 0.6 is 27.3 Å². The summed E-state index contributed by atoms with van der Waals surface area (Å²) in [5.41, 5.74) is 3.28. The lowest BCUT2D eigenvalue weighted by Crippen LogP contribution is -2.03. The van der Waals surface area contributed by atoms with Gasteiger partial charge in [-0.05, 0) is 57.9 Å². The first-order valence-electron chi connectivity index (χ1n) is 5.08. The van der Waals surface area contributed by atoms with Crippen LogP contribution in [0.3, 0.4) is 0 Å². The van der Waals surface area contributed by atoms with E-state index >= 15 is 0 Å². The van der Waals surface area contributed by atoms with E-state index in [1.165, 1.54) is 0 Å². The lowest BCUT2D eigenvalue weighted by Gasteiger charge is -2.15. The summed E-state index contributed by atoms with van der Waals surface area (Å²) >= 11 is 5.04. The highest BCUT2D eigenvalue weighted by Crippen LogP contribution is 2.35. The van der Waals surface area contributed by atoms with Crippen molar-refractivity contribution in [2.75, 3.05) is 0 Å². The predicted molar refractivity (Wildman–Crippen MR) is 72.0 cm³/mol. The summed E-state index contributed by atoms with van der Waals surface area (Å²) < 4.78 is 0.979. The fourth-order valence-electron chi connectivity index (χ4n) is 1.89. The summed E-state index contributed by atoms with van der Waals surface area (Å²) in [7, 11) is 0. The van der Waals surface area contributed by atoms with Gasteiger partial charge < -0.3 is 5.11 Å². The molecule has 0 amide bonds. The molecular weight excluding hydrogens is 284 g/mol. The maximum atomic E-state index is 10.4. The van der Waals surface area contributed by atoms with Gasteiger partial charge in [0.25, 0.3) is 0 Å². The molecular formula is C13H13BrOS. The number of benzene rings is 1. The van der Waals surface area contributed by atoms with Crippen LogP contribution in [0, 0.1) is 13.8 Å². The van der Waals surface area contributed by atoms with Crippen LogP contribution in [0.5, 0.6) is 0 Å². The molecule has 2 aromatic rings. The summed E-state index contributed by atoms with van der Waals surface area (Å²) in [6.45, 7) is 4.07. The monoisotopic (exact) mass is 296 g/mol. The molecule has 1 N–H and O–H groups in total. The van der Waals surface area contributed by atoms with Gasteiger partial charge in [0, 0.05) is 4.47 Å². The molecule has 1 aromatic heterocycles. The average Bonchev–Trinajstić information content (AvgIpc) is 2.64. The first kappa shape index (κ1) is 11.8. The third-order valence-electron chi connectivity index (χ3n) is 2.71. The smallest absolute Gasteiger partial charge is 0.115 e. The second kappa shape index (κ2) is 4.70. The molecule has 1 heterocycles. The van der Waals surface area contributed by atoms with E-state index in [2.05, 4.69) is 15.9 Å². The van der Waals surface area contributed by atoms with E-state index in [1.807, 2.05) is 43.5 Å². The Kier molecular flexibility index (Phi) is 3.47. The number of rotatable bonds is 2. The highest BCUT2D eigenvalue weighted by atomic mass is 79.9. The molecule has 1 nitrogen and oxygen atoms in total. The highest BCUT2D eigenvalue weighted by molar-refractivity contribution is 9.10. The number of aliphatic hydroxyl groups excluding tert-OH is 1.